The SMILES string of the molecule is O=C(NCc1ccccc1Cl)c1cc(N2C(=O)CCS2(=O)=O)ccc1Cl. The van der Waals surface area contributed by atoms with Gasteiger partial charge in [0.2, 0.25) is 15.9 Å². The third-order valence-electron chi connectivity index (χ3n) is 3.90. The van der Waals surface area contributed by atoms with E-state index in [1.807, 2.05) is 0 Å². The van der Waals surface area contributed by atoms with Crippen LogP contribution in [0, 0.1) is 0 Å². The highest BCUT2D eigenvalue weighted by Gasteiger charge is 2.36. The Hall–Kier alpha value is -2.09. The summed E-state index contributed by atoms with van der Waals surface area (Å²) in [6.45, 7) is 0.181. The second kappa shape index (κ2) is 7.26. The second-order valence-corrected chi connectivity index (χ2v) is 8.41. The molecule has 136 valence electrons. The van der Waals surface area contributed by atoms with Gasteiger partial charge in [-0.3, -0.25) is 9.59 Å². The lowest BCUT2D eigenvalue weighted by Gasteiger charge is -2.16. The molecule has 1 aliphatic rings. The first-order valence-corrected chi connectivity index (χ1v) is 10.0. The zero-order chi connectivity index (χ0) is 18.9. The van der Waals surface area contributed by atoms with Crippen molar-refractivity contribution in [3.05, 3.63) is 63.6 Å². The van der Waals surface area contributed by atoms with Crippen LogP contribution in [-0.4, -0.2) is 26.0 Å². The number of rotatable bonds is 4. The first kappa shape index (κ1) is 18.7. The van der Waals surface area contributed by atoms with Gasteiger partial charge in [0, 0.05) is 18.0 Å². The summed E-state index contributed by atoms with van der Waals surface area (Å²) >= 11 is 12.1. The minimum Gasteiger partial charge on any atom is -0.348 e. The first-order chi connectivity index (χ1) is 12.3. The second-order valence-electron chi connectivity index (χ2n) is 5.66. The molecule has 2 amide bonds. The number of carbonyl (C=O) groups excluding carboxylic acids is 2. The van der Waals surface area contributed by atoms with E-state index in [-0.39, 0.29) is 35.0 Å². The molecule has 0 radical (unpaired) electrons. The lowest BCUT2D eigenvalue weighted by atomic mass is 10.1. The third kappa shape index (κ3) is 3.70. The van der Waals surface area contributed by atoms with Crippen molar-refractivity contribution in [3.63, 3.8) is 0 Å². The Labute approximate surface area is 160 Å². The molecule has 0 atom stereocenters. The fourth-order valence-electron chi connectivity index (χ4n) is 2.59. The molecule has 0 bridgehead atoms. The van der Waals surface area contributed by atoms with Crippen molar-refractivity contribution in [2.24, 2.45) is 0 Å². The highest BCUT2D eigenvalue weighted by atomic mass is 35.5. The Balaban J connectivity index is 1.85. The van der Waals surface area contributed by atoms with E-state index in [9.17, 15) is 18.0 Å². The van der Waals surface area contributed by atoms with E-state index >= 15 is 0 Å². The molecule has 1 heterocycles. The van der Waals surface area contributed by atoms with Crippen LogP contribution in [0.25, 0.3) is 0 Å². The standard InChI is InChI=1S/C17H14Cl2N2O4S/c18-14-4-2-1-3-11(14)10-20-17(23)13-9-12(5-6-15(13)19)21-16(22)7-8-26(21,24)25/h1-6,9H,7-8,10H2,(H,20,23). The van der Waals surface area contributed by atoms with Crippen molar-refractivity contribution in [2.45, 2.75) is 13.0 Å². The number of nitrogens with one attached hydrogen (secondary N) is 1. The maximum absolute atomic E-state index is 12.5. The van der Waals surface area contributed by atoms with Crippen LogP contribution in [0.1, 0.15) is 22.3 Å². The number of anilines is 1. The summed E-state index contributed by atoms with van der Waals surface area (Å²) in [5.74, 6) is -1.28. The molecule has 1 aliphatic heterocycles. The number of hydrogen-bond donors (Lipinski definition) is 1. The Morgan fingerprint density at radius 2 is 1.85 bits per heavy atom. The molecule has 9 heteroatoms. The van der Waals surface area contributed by atoms with Gasteiger partial charge in [-0.2, -0.15) is 0 Å². The van der Waals surface area contributed by atoms with Crippen LogP contribution in [-0.2, 0) is 21.4 Å². The predicted molar refractivity (Wildman–Crippen MR) is 100.0 cm³/mol. The number of carbonyl (C=O) groups is 2. The molecule has 1 fully saturated rings. The van der Waals surface area contributed by atoms with Gasteiger partial charge in [-0.1, -0.05) is 41.4 Å². The van der Waals surface area contributed by atoms with Gasteiger partial charge in [0.25, 0.3) is 5.91 Å². The van der Waals surface area contributed by atoms with E-state index in [0.29, 0.717) is 9.33 Å². The van der Waals surface area contributed by atoms with Crippen LogP contribution < -0.4 is 9.62 Å². The van der Waals surface area contributed by atoms with Crippen molar-refractivity contribution < 1.29 is 18.0 Å². The Morgan fingerprint density at radius 1 is 1.12 bits per heavy atom. The Morgan fingerprint density at radius 3 is 2.50 bits per heavy atom. The summed E-state index contributed by atoms with van der Waals surface area (Å²) in [7, 11) is -3.71. The van der Waals surface area contributed by atoms with Crippen molar-refractivity contribution in [1.29, 1.82) is 0 Å². The molecule has 6 nitrogen and oxygen atoms in total. The summed E-state index contributed by atoms with van der Waals surface area (Å²) in [5, 5.41) is 3.35. The zero-order valence-corrected chi connectivity index (χ0v) is 15.7. The van der Waals surface area contributed by atoms with Gasteiger partial charge in [0.15, 0.2) is 0 Å². The summed E-state index contributed by atoms with van der Waals surface area (Å²) < 4.78 is 24.8. The average molecular weight is 413 g/mol. The monoisotopic (exact) mass is 412 g/mol. The van der Waals surface area contributed by atoms with Crippen molar-refractivity contribution in [1.82, 2.24) is 5.32 Å². The number of nitrogens with zero attached hydrogens (tertiary/aromatic N) is 1. The number of amides is 2. The molecular formula is C17H14Cl2N2O4S. The van der Waals surface area contributed by atoms with Crippen LogP contribution in [0.2, 0.25) is 10.0 Å². The molecule has 2 aromatic carbocycles. The molecular weight excluding hydrogens is 399 g/mol. The molecule has 0 aliphatic carbocycles. The van der Waals surface area contributed by atoms with E-state index in [1.54, 1.807) is 24.3 Å². The molecule has 3 rings (SSSR count). The van der Waals surface area contributed by atoms with Crippen LogP contribution in [0.5, 0.6) is 0 Å². The summed E-state index contributed by atoms with van der Waals surface area (Å²) in [6, 6.07) is 11.1. The molecule has 0 unspecified atom stereocenters. The Bertz CT molecular complexity index is 992. The van der Waals surface area contributed by atoms with Gasteiger partial charge in [0.1, 0.15) is 0 Å². The fraction of sp³-hybridized carbons (Fsp3) is 0.176. The third-order valence-corrected chi connectivity index (χ3v) is 6.29. The topological polar surface area (TPSA) is 83.6 Å². The number of sulfonamides is 1. The van der Waals surface area contributed by atoms with E-state index < -0.39 is 21.8 Å². The van der Waals surface area contributed by atoms with E-state index in [0.717, 1.165) is 5.56 Å². The maximum Gasteiger partial charge on any atom is 0.253 e. The summed E-state index contributed by atoms with van der Waals surface area (Å²) in [5.41, 5.74) is 0.901. The lowest BCUT2D eigenvalue weighted by Crippen LogP contribution is -2.30. The van der Waals surface area contributed by atoms with Gasteiger partial charge < -0.3 is 5.32 Å². The van der Waals surface area contributed by atoms with Crippen molar-refractivity contribution >= 4 is 50.7 Å². The minimum absolute atomic E-state index is 0.0751. The van der Waals surface area contributed by atoms with E-state index in [1.165, 1.54) is 18.2 Å². The zero-order valence-electron chi connectivity index (χ0n) is 13.4. The van der Waals surface area contributed by atoms with Crippen molar-refractivity contribution in [2.75, 3.05) is 10.1 Å². The van der Waals surface area contributed by atoms with Gasteiger partial charge in [0.05, 0.1) is 22.0 Å². The lowest BCUT2D eigenvalue weighted by molar-refractivity contribution is -0.116. The molecule has 26 heavy (non-hydrogen) atoms. The van der Waals surface area contributed by atoms with Crippen molar-refractivity contribution in [3.8, 4) is 0 Å². The summed E-state index contributed by atoms with van der Waals surface area (Å²) in [6.07, 6.45) is -0.0843. The van der Waals surface area contributed by atoms with Gasteiger partial charge in [-0.15, -0.1) is 0 Å². The first-order valence-electron chi connectivity index (χ1n) is 7.66. The maximum atomic E-state index is 12.5. The number of hydrogen-bond acceptors (Lipinski definition) is 4. The normalized spacial score (nSPS) is 15.9. The van der Waals surface area contributed by atoms with Crippen LogP contribution in [0.4, 0.5) is 5.69 Å². The van der Waals surface area contributed by atoms with E-state index in [2.05, 4.69) is 5.32 Å². The highest BCUT2D eigenvalue weighted by molar-refractivity contribution is 7.94. The quantitative estimate of drug-likeness (QED) is 0.836. The predicted octanol–water partition coefficient (Wildman–Crippen LogP) is 2.99. The molecule has 0 saturated carbocycles. The van der Waals surface area contributed by atoms with Crippen LogP contribution in [0.15, 0.2) is 42.5 Å². The molecule has 1 saturated heterocycles. The molecule has 2 aromatic rings. The smallest absolute Gasteiger partial charge is 0.253 e. The fourth-order valence-corrected chi connectivity index (χ4v) is 4.45. The average Bonchev–Trinajstić information content (AvgIpc) is 2.87. The minimum atomic E-state index is -3.71. The number of benzene rings is 2. The largest absolute Gasteiger partial charge is 0.348 e. The number of halogens is 2. The molecule has 0 spiro atoms. The van der Waals surface area contributed by atoms with Crippen LogP contribution >= 0.6 is 23.2 Å². The molecule has 1 N–H and O–H groups in total. The van der Waals surface area contributed by atoms with E-state index in [4.69, 9.17) is 23.2 Å². The van der Waals surface area contributed by atoms with Crippen LogP contribution in [0.3, 0.4) is 0 Å². The van der Waals surface area contributed by atoms with Gasteiger partial charge in [-0.05, 0) is 29.8 Å². The van der Waals surface area contributed by atoms with Gasteiger partial charge in [-0.25, -0.2) is 12.7 Å². The highest BCUT2D eigenvalue weighted by Crippen LogP contribution is 2.29. The van der Waals surface area contributed by atoms with Gasteiger partial charge >= 0.3 is 0 Å². The summed E-state index contributed by atoms with van der Waals surface area (Å²) in [4.78, 5) is 24.4. The molecule has 0 aromatic heterocycles. The Kier molecular flexibility index (Phi) is 5.22.